The third-order valence-corrected chi connectivity index (χ3v) is 7.55. The molecule has 0 aliphatic heterocycles. The number of hydrogen-bond acceptors (Lipinski definition) is 0. The highest BCUT2D eigenvalue weighted by atomic mass is 29.1. The molecule has 0 rings (SSSR count). The van der Waals surface area contributed by atoms with Crippen molar-refractivity contribution in [3.63, 3.8) is 0 Å². The molecule has 0 saturated carbocycles. The molecule has 0 spiro atoms. The topological polar surface area (TPSA) is 0 Å². The van der Waals surface area contributed by atoms with Crippen LogP contribution in [-0.4, -0.2) is 18.8 Å². The molecule has 0 radical (unpaired) electrons. The molecule has 0 fully saturated rings. The van der Waals surface area contributed by atoms with E-state index in [1.165, 1.54) is 16.2 Å². The van der Waals surface area contributed by atoms with Gasteiger partial charge in [-0.05, 0) is 9.76 Å². The summed E-state index contributed by atoms with van der Waals surface area (Å²) in [7, 11) is 2.00. The van der Waals surface area contributed by atoms with Crippen LogP contribution < -0.4 is 0 Å². The summed E-state index contributed by atoms with van der Waals surface area (Å²) in [5.41, 5.74) is 1.14. The molecule has 1 unspecified atom stereocenters. The Morgan fingerprint density at radius 3 is 2.33 bits per heavy atom. The highest BCUT2D eigenvalue weighted by Gasteiger charge is 1.89. The lowest BCUT2D eigenvalue weighted by molar-refractivity contribution is 0.877. The van der Waals surface area contributed by atoms with Crippen LogP contribution in [0, 0.1) is 0 Å². The Morgan fingerprint density at radius 1 is 1.83 bits per heavy atom. The van der Waals surface area contributed by atoms with Crippen LogP contribution in [0.2, 0.25) is 5.54 Å². The van der Waals surface area contributed by atoms with Crippen LogP contribution in [0.4, 0.5) is 0 Å². The molecule has 0 nitrogen and oxygen atoms in total. The molecular weight excluding hydrogens is 104 g/mol. The van der Waals surface area contributed by atoms with E-state index in [1.54, 1.807) is 0 Å². The van der Waals surface area contributed by atoms with Gasteiger partial charge in [-0.3, -0.25) is 0 Å². The van der Waals surface area contributed by atoms with Gasteiger partial charge < -0.3 is 0 Å². The van der Waals surface area contributed by atoms with Crippen LogP contribution in [0.3, 0.4) is 0 Å². The molecule has 1 atom stereocenters. The molecule has 6 heavy (non-hydrogen) atoms. The largest absolute Gasteiger partial charge is 0.0657 e. The van der Waals surface area contributed by atoms with Crippen LogP contribution in [-0.2, 0) is 0 Å². The molecular formula is C4H14Si2. The van der Waals surface area contributed by atoms with Crippen molar-refractivity contribution in [1.82, 2.24) is 0 Å². The fourth-order valence-corrected chi connectivity index (χ4v) is 2.60. The van der Waals surface area contributed by atoms with Crippen molar-refractivity contribution in [2.24, 2.45) is 0 Å². The van der Waals surface area contributed by atoms with E-state index in [-0.39, 0.29) is 0 Å². The van der Waals surface area contributed by atoms with E-state index in [1.807, 2.05) is 0 Å². The summed E-state index contributed by atoms with van der Waals surface area (Å²) >= 11 is 0. The lowest BCUT2D eigenvalue weighted by Crippen LogP contribution is -1.95. The van der Waals surface area contributed by atoms with Gasteiger partial charge in [0.1, 0.15) is 0 Å². The van der Waals surface area contributed by atoms with Gasteiger partial charge in [0.15, 0.2) is 0 Å². The summed E-state index contributed by atoms with van der Waals surface area (Å²) in [6.07, 6.45) is 1.43. The second-order valence-electron chi connectivity index (χ2n) is 1.92. The first kappa shape index (κ1) is 6.43. The molecule has 38 valence electrons. The molecule has 2 heteroatoms. The molecule has 0 aliphatic rings. The first-order chi connectivity index (χ1) is 2.81. The zero-order valence-corrected chi connectivity index (χ0v) is 8.41. The van der Waals surface area contributed by atoms with Crippen LogP contribution in [0.5, 0.6) is 0 Å². The highest BCUT2D eigenvalue weighted by molar-refractivity contribution is 6.90. The van der Waals surface area contributed by atoms with Gasteiger partial charge in [-0.2, -0.15) is 0 Å². The molecule has 0 aromatic heterocycles. The van der Waals surface area contributed by atoms with Gasteiger partial charge in [-0.25, -0.2) is 0 Å². The summed E-state index contributed by atoms with van der Waals surface area (Å²) in [4.78, 5) is 0. The van der Waals surface area contributed by atoms with Gasteiger partial charge in [-0.15, -0.1) is 0 Å². The van der Waals surface area contributed by atoms with Crippen molar-refractivity contribution in [1.29, 1.82) is 0 Å². The van der Waals surface area contributed by atoms with Gasteiger partial charge in [0.2, 0.25) is 0 Å². The van der Waals surface area contributed by atoms with Crippen LogP contribution in [0.1, 0.15) is 20.3 Å². The standard InChI is InChI=1S/C4H14Si2/c1-3-4(2)6-5/h4H,3,6H2,1-2,5H3. The number of hydrogen-bond donors (Lipinski definition) is 0. The summed E-state index contributed by atoms with van der Waals surface area (Å²) < 4.78 is 0. The molecule has 0 heterocycles. The maximum atomic E-state index is 2.37. The van der Waals surface area contributed by atoms with E-state index in [0.29, 0.717) is 9.04 Å². The van der Waals surface area contributed by atoms with Crippen molar-refractivity contribution in [3.8, 4) is 0 Å². The molecule has 0 aromatic rings. The van der Waals surface area contributed by atoms with Crippen molar-refractivity contribution in [2.75, 3.05) is 0 Å². The van der Waals surface area contributed by atoms with Gasteiger partial charge in [0.05, 0.1) is 0 Å². The minimum Gasteiger partial charge on any atom is -0.0657 e. The molecule has 0 aromatic carbocycles. The van der Waals surface area contributed by atoms with Crippen molar-refractivity contribution < 1.29 is 0 Å². The van der Waals surface area contributed by atoms with Crippen LogP contribution >= 0.6 is 0 Å². The number of rotatable bonds is 2. The Labute approximate surface area is 45.4 Å². The Balaban J connectivity index is 2.75. The Kier molecular flexibility index (Phi) is 3.88. The van der Waals surface area contributed by atoms with Gasteiger partial charge >= 0.3 is 0 Å². The van der Waals surface area contributed by atoms with E-state index in [9.17, 15) is 0 Å². The summed E-state index contributed by atoms with van der Waals surface area (Å²) in [6.45, 7) is 4.66. The van der Waals surface area contributed by atoms with Crippen molar-refractivity contribution in [3.05, 3.63) is 0 Å². The van der Waals surface area contributed by atoms with Gasteiger partial charge in [0, 0.05) is 9.04 Å². The van der Waals surface area contributed by atoms with E-state index in [0.717, 1.165) is 5.54 Å². The summed E-state index contributed by atoms with van der Waals surface area (Å²) in [6, 6.07) is 0. The molecule has 0 amide bonds. The second-order valence-corrected chi connectivity index (χ2v) is 6.58. The second kappa shape index (κ2) is 3.62. The first-order valence-corrected chi connectivity index (χ1v) is 9.28. The average Bonchev–Trinajstić information content (AvgIpc) is 1.65. The predicted octanol–water partition coefficient (Wildman–Crippen LogP) is -0.346. The Bertz CT molecular complexity index is 24.7. The fourth-order valence-electron chi connectivity index (χ4n) is 0.289. The Morgan fingerprint density at radius 2 is 2.33 bits per heavy atom. The minimum absolute atomic E-state index is 0.477. The summed E-state index contributed by atoms with van der Waals surface area (Å²) in [5.74, 6) is 0. The monoisotopic (exact) mass is 118 g/mol. The molecule has 0 bridgehead atoms. The van der Waals surface area contributed by atoms with Crippen LogP contribution in [0.25, 0.3) is 0 Å². The smallest absolute Gasteiger partial charge is 0.00758 e. The van der Waals surface area contributed by atoms with Crippen LogP contribution in [0.15, 0.2) is 0 Å². The average molecular weight is 118 g/mol. The molecule has 0 saturated heterocycles. The quantitative estimate of drug-likeness (QED) is 0.435. The van der Waals surface area contributed by atoms with E-state index in [4.69, 9.17) is 0 Å². The lowest BCUT2D eigenvalue weighted by atomic mass is 10.4. The Hall–Kier alpha value is 0.434. The predicted molar refractivity (Wildman–Crippen MR) is 38.2 cm³/mol. The normalized spacial score (nSPS) is 17.0. The highest BCUT2D eigenvalue weighted by Crippen LogP contribution is 2.01. The van der Waals surface area contributed by atoms with E-state index >= 15 is 0 Å². The summed E-state index contributed by atoms with van der Waals surface area (Å²) in [5, 5.41) is 0. The first-order valence-electron chi connectivity index (χ1n) is 2.81. The zero-order chi connectivity index (χ0) is 4.99. The van der Waals surface area contributed by atoms with Crippen molar-refractivity contribution >= 4 is 18.8 Å². The van der Waals surface area contributed by atoms with Gasteiger partial charge in [0.25, 0.3) is 0 Å². The zero-order valence-electron chi connectivity index (χ0n) is 4.99. The maximum absolute atomic E-state index is 2.37. The maximum Gasteiger partial charge on any atom is 0.00758 e. The molecule has 0 N–H and O–H groups in total. The lowest BCUT2D eigenvalue weighted by Gasteiger charge is -1.97. The van der Waals surface area contributed by atoms with Crippen molar-refractivity contribution in [2.45, 2.75) is 25.8 Å². The van der Waals surface area contributed by atoms with Gasteiger partial charge in [-0.1, -0.05) is 25.8 Å². The minimum atomic E-state index is 0.477. The molecule has 0 aliphatic carbocycles. The SMILES string of the molecule is CCC(C)[SiH2][SiH3]. The van der Waals surface area contributed by atoms with E-state index in [2.05, 4.69) is 13.8 Å². The third kappa shape index (κ3) is 2.66. The van der Waals surface area contributed by atoms with E-state index < -0.39 is 0 Å². The fraction of sp³-hybridized carbons (Fsp3) is 1.00. The third-order valence-electron chi connectivity index (χ3n) is 1.39.